The SMILES string of the molecule is CCCN.CCCN[C@@H](C(=O)O)[C@H](O)[C@H](Cc1ccccc1)NC(=O)OC(C)(C)C.CCCN[C@@H](C(=O)OCC)[C@H](O)[C@H](Cc1ccccc1)NC(=O)OC(C)(C)C.CCOC(=O)C1O[C@@H]1[C@H](Cc1ccccc1)NC(=O)OC(C)(C)C. The summed E-state index contributed by atoms with van der Waals surface area (Å²) < 4.78 is 31.4. The van der Waals surface area contributed by atoms with Gasteiger partial charge in [-0.15, -0.1) is 0 Å². The van der Waals surface area contributed by atoms with Gasteiger partial charge in [0.25, 0.3) is 0 Å². The number of hydrogen-bond acceptors (Lipinski definition) is 17. The fourth-order valence-electron chi connectivity index (χ4n) is 7.58. The number of carbonyl (C=O) groups excluding carboxylic acids is 5. The molecule has 10 N–H and O–H groups in total. The van der Waals surface area contributed by atoms with Gasteiger partial charge in [-0.05, 0) is 151 Å². The number of epoxide rings is 1. The highest BCUT2D eigenvalue weighted by Gasteiger charge is 2.51. The molecule has 0 aromatic heterocycles. The lowest BCUT2D eigenvalue weighted by Crippen LogP contribution is -2.57. The summed E-state index contributed by atoms with van der Waals surface area (Å²) in [5.41, 5.74) is 5.89. The van der Waals surface area contributed by atoms with E-state index in [-0.39, 0.29) is 19.1 Å². The van der Waals surface area contributed by atoms with Crippen molar-refractivity contribution in [3.05, 3.63) is 108 Å². The van der Waals surface area contributed by atoms with Crippen LogP contribution in [-0.2, 0) is 62.1 Å². The quantitative estimate of drug-likeness (QED) is 0.0219. The van der Waals surface area contributed by atoms with Crippen molar-refractivity contribution in [2.75, 3.05) is 32.8 Å². The summed E-state index contributed by atoms with van der Waals surface area (Å²) in [6.07, 6.45) is -1.67. The zero-order valence-corrected chi connectivity index (χ0v) is 51.0. The number of carboxylic acids is 1. The molecule has 1 saturated heterocycles. The molecular formula is C61H98N6O15. The Morgan fingerprint density at radius 1 is 0.537 bits per heavy atom. The van der Waals surface area contributed by atoms with Gasteiger partial charge < -0.3 is 76.1 Å². The van der Waals surface area contributed by atoms with Gasteiger partial charge in [-0.25, -0.2) is 19.2 Å². The topological polar surface area (TPSA) is 308 Å². The van der Waals surface area contributed by atoms with E-state index in [2.05, 4.69) is 33.5 Å². The highest BCUT2D eigenvalue weighted by molar-refractivity contribution is 5.79. The number of hydrogen-bond donors (Lipinski definition) is 9. The van der Waals surface area contributed by atoms with E-state index in [4.69, 9.17) is 34.2 Å². The summed E-state index contributed by atoms with van der Waals surface area (Å²) in [5.74, 6) is -2.12. The highest BCUT2D eigenvalue weighted by atomic mass is 16.6. The Morgan fingerprint density at radius 2 is 0.890 bits per heavy atom. The van der Waals surface area contributed by atoms with Crippen molar-refractivity contribution in [3.8, 4) is 0 Å². The summed E-state index contributed by atoms with van der Waals surface area (Å²) in [7, 11) is 0. The second-order valence-electron chi connectivity index (χ2n) is 22.3. The van der Waals surface area contributed by atoms with Gasteiger partial charge in [0.2, 0.25) is 0 Å². The van der Waals surface area contributed by atoms with Crippen molar-refractivity contribution >= 4 is 36.2 Å². The first kappa shape index (κ1) is 73.7. The van der Waals surface area contributed by atoms with E-state index in [0.717, 1.165) is 42.5 Å². The number of rotatable bonds is 26. The molecule has 462 valence electrons. The molecule has 3 aromatic rings. The first-order valence-electron chi connectivity index (χ1n) is 28.4. The summed E-state index contributed by atoms with van der Waals surface area (Å²) >= 11 is 0. The number of ether oxygens (including phenoxy) is 6. The lowest BCUT2D eigenvalue weighted by molar-refractivity contribution is -0.149. The van der Waals surface area contributed by atoms with Crippen LogP contribution in [0.4, 0.5) is 14.4 Å². The van der Waals surface area contributed by atoms with Crippen molar-refractivity contribution in [3.63, 3.8) is 0 Å². The molecule has 0 spiro atoms. The third kappa shape index (κ3) is 32.3. The number of nitrogens with two attached hydrogens (primary N) is 1. The van der Waals surface area contributed by atoms with Crippen molar-refractivity contribution in [1.29, 1.82) is 0 Å². The lowest BCUT2D eigenvalue weighted by Gasteiger charge is -2.31. The summed E-state index contributed by atoms with van der Waals surface area (Å²) in [6.45, 7) is 27.6. The third-order valence-electron chi connectivity index (χ3n) is 11.3. The predicted molar refractivity (Wildman–Crippen MR) is 315 cm³/mol. The number of aliphatic hydroxyl groups is 2. The van der Waals surface area contributed by atoms with Crippen molar-refractivity contribution in [1.82, 2.24) is 26.6 Å². The van der Waals surface area contributed by atoms with E-state index >= 15 is 0 Å². The molecule has 1 heterocycles. The van der Waals surface area contributed by atoms with Crippen LogP contribution < -0.4 is 32.3 Å². The standard InChI is InChI=1S/C21H34N2O5.C19H30N2O5.C18H25NO5.C3H9N/c1-6-13-22-17(19(25)27-7-2)18(24)16(14-15-11-9-8-10-12-15)23-20(26)28-21(3,4)5;1-5-11-20-15(17(23)24)16(22)14(12-13-9-7-6-8-10-13)21-18(25)26-19(2,3)4;1-5-22-16(20)15-14(23-15)13(11-12-9-7-6-8-10-12)19-17(21)24-18(2,3)4;1-2-3-4/h8-12,16-18,22,24H,6-7,13-14H2,1-5H3,(H,23,26);6-10,14-16,20,22H,5,11-12H2,1-4H3,(H,21,25)(H,23,24);6-10,13-15H,5,11H2,1-4H3,(H,19,21);2-4H2,1H3/t16-,17+,18+;14-,15+,16+;13-,14+,15?;/m000./s1. The molecule has 1 unspecified atom stereocenters. The fraction of sp³-hybridized carbons (Fsp3) is 0.607. The fourth-order valence-corrected chi connectivity index (χ4v) is 7.58. The molecule has 82 heavy (non-hydrogen) atoms. The maximum absolute atomic E-state index is 12.4. The first-order chi connectivity index (χ1) is 38.5. The smallest absolute Gasteiger partial charge is 0.407 e. The summed E-state index contributed by atoms with van der Waals surface area (Å²) in [6, 6.07) is 24.3. The molecule has 21 heteroatoms. The average molecular weight is 1160 g/mol. The van der Waals surface area contributed by atoms with Gasteiger partial charge in [-0.3, -0.25) is 9.59 Å². The molecule has 9 atom stereocenters. The monoisotopic (exact) mass is 1150 g/mol. The van der Waals surface area contributed by atoms with E-state index in [1.165, 1.54) is 0 Å². The zero-order chi connectivity index (χ0) is 62.1. The molecule has 1 fully saturated rings. The van der Waals surface area contributed by atoms with E-state index < -0.39 is 102 Å². The van der Waals surface area contributed by atoms with E-state index in [1.807, 2.05) is 105 Å². The molecule has 1 aliphatic rings. The molecule has 0 bridgehead atoms. The largest absolute Gasteiger partial charge is 0.480 e. The Bertz CT molecular complexity index is 2270. The number of alkyl carbamates (subject to hydrolysis) is 3. The second-order valence-corrected chi connectivity index (χ2v) is 22.3. The number of amides is 3. The predicted octanol–water partition coefficient (Wildman–Crippen LogP) is 7.16. The van der Waals surface area contributed by atoms with Gasteiger partial charge in [-0.2, -0.15) is 0 Å². The number of nitrogens with one attached hydrogen (secondary N) is 5. The Kier molecular flexibility index (Phi) is 34.5. The van der Waals surface area contributed by atoms with E-state index in [9.17, 15) is 44.1 Å². The van der Waals surface area contributed by atoms with Crippen LogP contribution in [0.5, 0.6) is 0 Å². The number of carboxylic acid groups (broad SMARTS) is 1. The van der Waals surface area contributed by atoms with Gasteiger partial charge in [0, 0.05) is 0 Å². The Morgan fingerprint density at radius 3 is 1.23 bits per heavy atom. The average Bonchev–Trinajstić information content (AvgIpc) is 4.42. The van der Waals surface area contributed by atoms with E-state index in [0.29, 0.717) is 32.5 Å². The van der Waals surface area contributed by atoms with Crippen LogP contribution in [0, 0.1) is 0 Å². The Balaban J connectivity index is 0.000000595. The molecule has 0 saturated carbocycles. The second kappa shape index (κ2) is 38.4. The molecule has 1 aliphatic heterocycles. The van der Waals surface area contributed by atoms with Gasteiger partial charge >= 0.3 is 36.2 Å². The molecule has 3 aromatic carbocycles. The minimum Gasteiger partial charge on any atom is -0.480 e. The van der Waals surface area contributed by atoms with Gasteiger partial charge in [0.05, 0.1) is 31.3 Å². The van der Waals surface area contributed by atoms with Crippen LogP contribution in [-0.4, -0.2) is 156 Å². The summed E-state index contributed by atoms with van der Waals surface area (Å²) in [5, 5.41) is 45.1. The minimum absolute atomic E-state index is 0.207. The van der Waals surface area contributed by atoms with Crippen LogP contribution in [0.1, 0.15) is 133 Å². The van der Waals surface area contributed by atoms with Gasteiger partial charge in [0.15, 0.2) is 6.10 Å². The summed E-state index contributed by atoms with van der Waals surface area (Å²) in [4.78, 5) is 72.3. The minimum atomic E-state index is -1.33. The Hall–Kier alpha value is -6.36. The molecule has 0 aliphatic carbocycles. The molecule has 21 nitrogen and oxygen atoms in total. The number of esters is 2. The molecule has 0 radical (unpaired) electrons. The molecule has 4 rings (SSSR count). The van der Waals surface area contributed by atoms with Crippen molar-refractivity contribution in [2.45, 2.75) is 207 Å². The molecule has 3 amide bonds. The van der Waals surface area contributed by atoms with Gasteiger partial charge in [0.1, 0.15) is 47.2 Å². The zero-order valence-electron chi connectivity index (χ0n) is 51.0. The number of aliphatic hydroxyl groups excluding tert-OH is 2. The van der Waals surface area contributed by atoms with Gasteiger partial charge in [-0.1, -0.05) is 112 Å². The maximum Gasteiger partial charge on any atom is 0.407 e. The molecular weight excluding hydrogens is 1060 g/mol. The van der Waals surface area contributed by atoms with Crippen LogP contribution in [0.3, 0.4) is 0 Å². The normalized spacial score (nSPS) is 16.2. The number of carbonyl (C=O) groups is 6. The van der Waals surface area contributed by atoms with Crippen molar-refractivity contribution < 1.29 is 72.5 Å². The number of aliphatic carboxylic acids is 1. The highest BCUT2D eigenvalue weighted by Crippen LogP contribution is 2.29. The first-order valence-corrected chi connectivity index (χ1v) is 28.4. The Labute approximate surface area is 486 Å². The van der Waals surface area contributed by atoms with Crippen LogP contribution in [0.2, 0.25) is 0 Å². The lowest BCUT2D eigenvalue weighted by atomic mass is 9.96. The van der Waals surface area contributed by atoms with Crippen LogP contribution in [0.25, 0.3) is 0 Å². The number of benzene rings is 3. The van der Waals surface area contributed by atoms with E-state index in [1.54, 1.807) is 76.2 Å². The third-order valence-corrected chi connectivity index (χ3v) is 11.3. The van der Waals surface area contributed by atoms with Crippen molar-refractivity contribution in [2.24, 2.45) is 5.73 Å². The van der Waals surface area contributed by atoms with Crippen LogP contribution in [0.15, 0.2) is 91.0 Å². The van der Waals surface area contributed by atoms with Crippen LogP contribution >= 0.6 is 0 Å². The maximum atomic E-state index is 12.4.